The van der Waals surface area contributed by atoms with Gasteiger partial charge in [0.2, 0.25) is 0 Å². The third kappa shape index (κ3) is 4.27. The highest BCUT2D eigenvalue weighted by atomic mass is 15.6. The number of amidine groups is 1. The van der Waals surface area contributed by atoms with E-state index in [9.17, 15) is 0 Å². The lowest BCUT2D eigenvalue weighted by Gasteiger charge is -2.60. The summed E-state index contributed by atoms with van der Waals surface area (Å²) in [4.78, 5) is 0. The minimum Gasteiger partial charge on any atom is -0.386 e. The van der Waals surface area contributed by atoms with Crippen molar-refractivity contribution in [2.24, 2.45) is 63.0 Å². The normalized spacial score (nSPS) is 42.5. The Labute approximate surface area is 186 Å². The van der Waals surface area contributed by atoms with Gasteiger partial charge in [0.25, 0.3) is 0 Å². The Bertz CT molecular complexity index is 600. The van der Waals surface area contributed by atoms with Crippen LogP contribution >= 0.6 is 0 Å². The number of hydrazone groups is 1. The summed E-state index contributed by atoms with van der Waals surface area (Å²) < 4.78 is 0. The van der Waals surface area contributed by atoms with Crippen molar-refractivity contribution >= 4 is 5.84 Å². The molecule has 0 aromatic rings. The summed E-state index contributed by atoms with van der Waals surface area (Å²) in [6.07, 6.45) is 14.2. The molecule has 0 heterocycles. The zero-order valence-corrected chi connectivity index (χ0v) is 20.8. The fraction of sp³-hybridized carbons (Fsp3) is 0.962. The van der Waals surface area contributed by atoms with Gasteiger partial charge in [0.1, 0.15) is 5.84 Å². The molecule has 30 heavy (non-hydrogen) atoms. The van der Waals surface area contributed by atoms with Gasteiger partial charge in [0.15, 0.2) is 0 Å². The van der Waals surface area contributed by atoms with Crippen LogP contribution in [-0.2, 0) is 0 Å². The van der Waals surface area contributed by atoms with Crippen LogP contribution in [0.1, 0.15) is 106 Å². The van der Waals surface area contributed by atoms with E-state index in [-0.39, 0.29) is 0 Å². The number of nitrogens with zero attached hydrogens (tertiary/aromatic N) is 2. The standard InChI is InChI=1S/C26H50N4/c1-7-9-20-10-11-21-23-13-12-22(18(3)17-30(28)29-19(4)27)26(23,6)16-14-24(21)25(20,5)15-8-2/h18,20-24H,7-17,28H2,1-6H3,(H2,27,29). The molecule has 3 aliphatic rings. The molecule has 0 aromatic heterocycles. The largest absolute Gasteiger partial charge is 0.386 e. The zero-order valence-electron chi connectivity index (χ0n) is 20.8. The minimum atomic E-state index is 0.480. The highest BCUT2D eigenvalue weighted by molar-refractivity contribution is 5.77. The predicted octanol–water partition coefficient (Wildman–Crippen LogP) is 6.17. The lowest BCUT2D eigenvalue weighted by Crippen LogP contribution is -2.52. The van der Waals surface area contributed by atoms with E-state index in [2.05, 4.69) is 39.7 Å². The molecule has 8 atom stereocenters. The van der Waals surface area contributed by atoms with Crippen LogP contribution in [0.2, 0.25) is 0 Å². The molecule has 3 fully saturated rings. The van der Waals surface area contributed by atoms with Gasteiger partial charge >= 0.3 is 0 Å². The zero-order chi connectivity index (χ0) is 22.1. The van der Waals surface area contributed by atoms with E-state index in [0.29, 0.717) is 22.6 Å². The van der Waals surface area contributed by atoms with E-state index < -0.39 is 0 Å². The maximum absolute atomic E-state index is 6.14. The van der Waals surface area contributed by atoms with Crippen molar-refractivity contribution in [2.75, 3.05) is 6.54 Å². The Morgan fingerprint density at radius 1 is 1.07 bits per heavy atom. The Kier molecular flexibility index (Phi) is 7.47. The number of nitrogens with two attached hydrogens (primary N) is 2. The van der Waals surface area contributed by atoms with Gasteiger partial charge in [-0.2, -0.15) is 0 Å². The van der Waals surface area contributed by atoms with Crippen molar-refractivity contribution in [3.05, 3.63) is 0 Å². The van der Waals surface area contributed by atoms with Gasteiger partial charge in [-0.1, -0.05) is 53.9 Å². The maximum Gasteiger partial charge on any atom is 0.118 e. The topological polar surface area (TPSA) is 67.6 Å². The molecule has 0 bridgehead atoms. The summed E-state index contributed by atoms with van der Waals surface area (Å²) in [5.41, 5.74) is 6.79. The Balaban J connectivity index is 1.77. The monoisotopic (exact) mass is 418 g/mol. The van der Waals surface area contributed by atoms with Crippen molar-refractivity contribution in [3.8, 4) is 0 Å². The molecule has 3 saturated carbocycles. The fourth-order valence-electron chi connectivity index (χ4n) is 8.93. The maximum atomic E-state index is 6.14. The molecule has 0 aliphatic heterocycles. The molecule has 174 valence electrons. The van der Waals surface area contributed by atoms with Gasteiger partial charge in [-0.05, 0) is 98.2 Å². The summed E-state index contributed by atoms with van der Waals surface area (Å²) in [5.74, 6) is 11.8. The van der Waals surface area contributed by atoms with Crippen molar-refractivity contribution in [1.82, 2.24) is 5.12 Å². The lowest BCUT2D eigenvalue weighted by atomic mass is 9.45. The molecule has 0 radical (unpaired) electrons. The highest BCUT2D eigenvalue weighted by Crippen LogP contribution is 2.67. The Hall–Kier alpha value is -0.770. The smallest absolute Gasteiger partial charge is 0.118 e. The van der Waals surface area contributed by atoms with E-state index in [1.54, 1.807) is 12.0 Å². The van der Waals surface area contributed by atoms with Crippen LogP contribution in [-0.4, -0.2) is 17.5 Å². The molecular weight excluding hydrogens is 368 g/mol. The van der Waals surface area contributed by atoms with Crippen molar-refractivity contribution in [2.45, 2.75) is 106 Å². The van der Waals surface area contributed by atoms with E-state index >= 15 is 0 Å². The number of hydrazine groups is 1. The lowest BCUT2D eigenvalue weighted by molar-refractivity contribution is -0.106. The second-order valence-electron chi connectivity index (χ2n) is 11.8. The predicted molar refractivity (Wildman–Crippen MR) is 129 cm³/mol. The third-order valence-corrected chi connectivity index (χ3v) is 10.0. The molecule has 0 aromatic carbocycles. The van der Waals surface area contributed by atoms with Gasteiger partial charge in [-0.15, -0.1) is 5.10 Å². The van der Waals surface area contributed by atoms with Crippen molar-refractivity contribution < 1.29 is 0 Å². The molecule has 0 spiro atoms. The molecule has 4 heteroatoms. The minimum absolute atomic E-state index is 0.480. The number of fused-ring (bicyclic) bond motifs is 3. The van der Waals surface area contributed by atoms with E-state index in [1.807, 2.05) is 0 Å². The molecular formula is C26H50N4. The summed E-state index contributed by atoms with van der Waals surface area (Å²) in [6.45, 7) is 15.1. The van der Waals surface area contributed by atoms with E-state index in [4.69, 9.17) is 11.6 Å². The Morgan fingerprint density at radius 3 is 2.43 bits per heavy atom. The first-order chi connectivity index (χ1) is 14.2. The van der Waals surface area contributed by atoms with Gasteiger partial charge in [-0.3, -0.25) is 0 Å². The third-order valence-electron chi connectivity index (χ3n) is 10.0. The van der Waals surface area contributed by atoms with E-state index in [0.717, 1.165) is 36.1 Å². The molecule has 0 amide bonds. The van der Waals surface area contributed by atoms with Gasteiger partial charge in [0, 0.05) is 0 Å². The molecule has 4 N–H and O–H groups in total. The summed E-state index contributed by atoms with van der Waals surface area (Å²) in [5, 5.41) is 5.83. The average Bonchev–Trinajstić information content (AvgIpc) is 3.01. The van der Waals surface area contributed by atoms with Gasteiger partial charge in [-0.25, -0.2) is 11.0 Å². The van der Waals surface area contributed by atoms with E-state index in [1.165, 1.54) is 64.2 Å². The van der Waals surface area contributed by atoms with Gasteiger partial charge in [0.05, 0.1) is 6.54 Å². The first-order valence-electron chi connectivity index (χ1n) is 13.0. The first kappa shape index (κ1) is 23.9. The molecule has 4 nitrogen and oxygen atoms in total. The van der Waals surface area contributed by atoms with Crippen LogP contribution in [0.5, 0.6) is 0 Å². The quantitative estimate of drug-likeness (QED) is 0.214. The fourth-order valence-corrected chi connectivity index (χ4v) is 8.93. The Morgan fingerprint density at radius 2 is 1.80 bits per heavy atom. The van der Waals surface area contributed by atoms with Gasteiger partial charge < -0.3 is 5.73 Å². The first-order valence-corrected chi connectivity index (χ1v) is 13.0. The van der Waals surface area contributed by atoms with Crippen molar-refractivity contribution in [3.63, 3.8) is 0 Å². The molecule has 3 aliphatic carbocycles. The van der Waals surface area contributed by atoms with Crippen molar-refractivity contribution in [1.29, 1.82) is 0 Å². The highest BCUT2D eigenvalue weighted by Gasteiger charge is 2.59. The average molecular weight is 419 g/mol. The second kappa shape index (κ2) is 9.38. The van der Waals surface area contributed by atoms with Crippen LogP contribution in [0.25, 0.3) is 0 Å². The second-order valence-corrected chi connectivity index (χ2v) is 11.8. The van der Waals surface area contributed by atoms with Crippen LogP contribution < -0.4 is 11.6 Å². The molecule has 8 unspecified atom stereocenters. The summed E-state index contributed by atoms with van der Waals surface area (Å²) >= 11 is 0. The summed E-state index contributed by atoms with van der Waals surface area (Å²) in [7, 11) is 0. The number of hydrogen-bond acceptors (Lipinski definition) is 3. The van der Waals surface area contributed by atoms with Crippen LogP contribution in [0.4, 0.5) is 0 Å². The van der Waals surface area contributed by atoms with Crippen LogP contribution in [0, 0.1) is 46.3 Å². The molecule has 3 rings (SSSR count). The molecule has 0 saturated heterocycles. The van der Waals surface area contributed by atoms with Crippen LogP contribution in [0.15, 0.2) is 5.10 Å². The number of hydrogen-bond donors (Lipinski definition) is 2. The number of rotatable bonds is 8. The summed E-state index contributed by atoms with van der Waals surface area (Å²) in [6, 6.07) is 0. The SMILES string of the molecule is CCCC1CCC2C(CCC3(C)C(C(C)CN(N)/N=C(/C)N)CCC23)C1(C)CCC. The van der Waals surface area contributed by atoms with Crippen LogP contribution in [0.3, 0.4) is 0 Å².